The molecule has 1 aliphatic rings. The van der Waals surface area contributed by atoms with Crippen molar-refractivity contribution in [2.45, 2.75) is 42.8 Å². The first-order chi connectivity index (χ1) is 7.79. The maximum atomic E-state index is 9.13. The average molecular weight is 231 g/mol. The molecule has 1 aromatic rings. The monoisotopic (exact) mass is 231 g/mol. The Hall–Kier alpha value is -0.940. The van der Waals surface area contributed by atoms with E-state index < -0.39 is 0 Å². The summed E-state index contributed by atoms with van der Waals surface area (Å²) < 4.78 is 0. The van der Waals surface area contributed by atoms with Gasteiger partial charge in [0.25, 0.3) is 0 Å². The van der Waals surface area contributed by atoms with Gasteiger partial charge in [-0.1, -0.05) is 30.5 Å². The second kappa shape index (κ2) is 5.41. The number of thioether (sulfide) groups is 1. The molecule has 1 fully saturated rings. The number of nitriles is 1. The highest BCUT2D eigenvalue weighted by molar-refractivity contribution is 8.00. The lowest BCUT2D eigenvalue weighted by Gasteiger charge is -2.26. The highest BCUT2D eigenvalue weighted by atomic mass is 32.2. The highest BCUT2D eigenvalue weighted by Crippen LogP contribution is 2.37. The molecule has 1 nitrogen and oxygen atoms in total. The summed E-state index contributed by atoms with van der Waals surface area (Å²) in [7, 11) is 0. The van der Waals surface area contributed by atoms with Crippen molar-refractivity contribution >= 4 is 11.8 Å². The smallest absolute Gasteiger partial charge is 0.0667 e. The molecular formula is C14H17NS. The van der Waals surface area contributed by atoms with Crippen LogP contribution in [-0.2, 0) is 0 Å². The van der Waals surface area contributed by atoms with E-state index in [9.17, 15) is 0 Å². The van der Waals surface area contributed by atoms with E-state index in [2.05, 4.69) is 37.3 Å². The van der Waals surface area contributed by atoms with Gasteiger partial charge in [0.15, 0.2) is 0 Å². The van der Waals surface area contributed by atoms with Crippen LogP contribution in [-0.4, -0.2) is 5.25 Å². The Labute approximate surface area is 102 Å². The molecule has 0 bridgehead atoms. The minimum atomic E-state index is 0.249. The SMILES string of the molecule is Cc1cccc(SC2CCCCC2C#N)c1. The van der Waals surface area contributed by atoms with Crippen LogP contribution in [0.2, 0.25) is 0 Å². The van der Waals surface area contributed by atoms with E-state index in [0.29, 0.717) is 5.25 Å². The fourth-order valence-electron chi connectivity index (χ4n) is 2.25. The summed E-state index contributed by atoms with van der Waals surface area (Å²) in [6, 6.07) is 11.1. The van der Waals surface area contributed by atoms with E-state index in [1.54, 1.807) is 0 Å². The maximum Gasteiger partial charge on any atom is 0.0667 e. The summed E-state index contributed by atoms with van der Waals surface area (Å²) in [6.45, 7) is 2.12. The first-order valence-corrected chi connectivity index (χ1v) is 6.80. The van der Waals surface area contributed by atoms with Crippen LogP contribution >= 0.6 is 11.8 Å². The van der Waals surface area contributed by atoms with Crippen molar-refractivity contribution in [2.75, 3.05) is 0 Å². The van der Waals surface area contributed by atoms with Gasteiger partial charge in [-0.3, -0.25) is 0 Å². The molecule has 1 aromatic carbocycles. The number of aryl methyl sites for hydroxylation is 1. The van der Waals surface area contributed by atoms with Gasteiger partial charge in [0.1, 0.15) is 0 Å². The molecule has 2 atom stereocenters. The first kappa shape index (κ1) is 11.5. The van der Waals surface area contributed by atoms with Crippen LogP contribution in [0.15, 0.2) is 29.2 Å². The van der Waals surface area contributed by atoms with Crippen molar-refractivity contribution in [2.24, 2.45) is 5.92 Å². The molecule has 2 unspecified atom stereocenters. The summed E-state index contributed by atoms with van der Waals surface area (Å²) in [5.74, 6) is 0.249. The number of rotatable bonds is 2. The third-order valence-corrected chi connectivity index (χ3v) is 4.54. The third-order valence-electron chi connectivity index (χ3n) is 3.15. The maximum absolute atomic E-state index is 9.13. The van der Waals surface area contributed by atoms with E-state index in [0.717, 1.165) is 6.42 Å². The minimum absolute atomic E-state index is 0.249. The molecule has 1 saturated carbocycles. The predicted molar refractivity (Wildman–Crippen MR) is 68.4 cm³/mol. The second-order valence-corrected chi connectivity index (χ2v) is 5.81. The number of benzene rings is 1. The lowest BCUT2D eigenvalue weighted by molar-refractivity contribution is 0.439. The largest absolute Gasteiger partial charge is 0.198 e. The molecule has 2 rings (SSSR count). The van der Waals surface area contributed by atoms with Gasteiger partial charge >= 0.3 is 0 Å². The van der Waals surface area contributed by atoms with Gasteiger partial charge in [-0.15, -0.1) is 11.8 Å². The van der Waals surface area contributed by atoms with Gasteiger partial charge in [-0.2, -0.15) is 5.26 Å². The molecule has 0 aromatic heterocycles. The molecule has 0 radical (unpaired) electrons. The number of hydrogen-bond acceptors (Lipinski definition) is 2. The van der Waals surface area contributed by atoms with Crippen LogP contribution in [0, 0.1) is 24.2 Å². The minimum Gasteiger partial charge on any atom is -0.198 e. The first-order valence-electron chi connectivity index (χ1n) is 5.92. The van der Waals surface area contributed by atoms with Gasteiger partial charge in [0, 0.05) is 10.1 Å². The summed E-state index contributed by atoms with van der Waals surface area (Å²) in [4.78, 5) is 1.31. The molecule has 16 heavy (non-hydrogen) atoms. The quantitative estimate of drug-likeness (QED) is 0.762. The van der Waals surface area contributed by atoms with Crippen molar-refractivity contribution < 1.29 is 0 Å². The molecule has 0 N–H and O–H groups in total. The van der Waals surface area contributed by atoms with Crippen LogP contribution in [0.25, 0.3) is 0 Å². The van der Waals surface area contributed by atoms with Crippen molar-refractivity contribution in [3.63, 3.8) is 0 Å². The van der Waals surface area contributed by atoms with Crippen molar-refractivity contribution in [3.05, 3.63) is 29.8 Å². The van der Waals surface area contributed by atoms with Gasteiger partial charge < -0.3 is 0 Å². The molecule has 0 aliphatic heterocycles. The Bertz CT molecular complexity index is 394. The average Bonchev–Trinajstić information content (AvgIpc) is 2.30. The normalized spacial score (nSPS) is 25.0. The van der Waals surface area contributed by atoms with E-state index in [1.807, 2.05) is 11.8 Å². The Kier molecular flexibility index (Phi) is 3.90. The zero-order chi connectivity index (χ0) is 11.4. The van der Waals surface area contributed by atoms with Crippen LogP contribution < -0.4 is 0 Å². The molecule has 0 spiro atoms. The van der Waals surface area contributed by atoms with Crippen molar-refractivity contribution in [1.82, 2.24) is 0 Å². The second-order valence-electron chi connectivity index (χ2n) is 4.49. The summed E-state index contributed by atoms with van der Waals surface area (Å²) in [5, 5.41) is 9.63. The van der Waals surface area contributed by atoms with Crippen LogP contribution in [0.1, 0.15) is 31.2 Å². The summed E-state index contributed by atoms with van der Waals surface area (Å²) in [5.41, 5.74) is 1.30. The van der Waals surface area contributed by atoms with E-state index in [4.69, 9.17) is 5.26 Å². The van der Waals surface area contributed by atoms with Crippen LogP contribution in [0.5, 0.6) is 0 Å². The van der Waals surface area contributed by atoms with Crippen LogP contribution in [0.4, 0.5) is 0 Å². The Morgan fingerprint density at radius 1 is 1.31 bits per heavy atom. The van der Waals surface area contributed by atoms with E-state index in [-0.39, 0.29) is 5.92 Å². The molecule has 0 saturated heterocycles. The topological polar surface area (TPSA) is 23.8 Å². The highest BCUT2D eigenvalue weighted by Gasteiger charge is 2.25. The zero-order valence-electron chi connectivity index (χ0n) is 9.65. The molecular weight excluding hydrogens is 214 g/mol. The van der Waals surface area contributed by atoms with Crippen molar-refractivity contribution in [3.8, 4) is 6.07 Å². The molecule has 84 valence electrons. The van der Waals surface area contributed by atoms with Gasteiger partial charge in [0.2, 0.25) is 0 Å². The number of hydrogen-bond donors (Lipinski definition) is 0. The number of nitrogens with zero attached hydrogens (tertiary/aromatic N) is 1. The lowest BCUT2D eigenvalue weighted by Crippen LogP contribution is -2.20. The molecule has 0 amide bonds. The summed E-state index contributed by atoms with van der Waals surface area (Å²) >= 11 is 1.89. The lowest BCUT2D eigenvalue weighted by atomic mass is 9.90. The Balaban J connectivity index is 2.05. The molecule has 0 heterocycles. The van der Waals surface area contributed by atoms with Gasteiger partial charge in [-0.05, 0) is 31.9 Å². The Morgan fingerprint density at radius 2 is 2.12 bits per heavy atom. The van der Waals surface area contributed by atoms with E-state index in [1.165, 1.54) is 29.7 Å². The van der Waals surface area contributed by atoms with E-state index >= 15 is 0 Å². The molecule has 2 heteroatoms. The summed E-state index contributed by atoms with van der Waals surface area (Å²) in [6.07, 6.45) is 4.78. The van der Waals surface area contributed by atoms with Crippen LogP contribution in [0.3, 0.4) is 0 Å². The fraction of sp³-hybridized carbons (Fsp3) is 0.500. The predicted octanol–water partition coefficient (Wildman–Crippen LogP) is 4.17. The fourth-order valence-corrected chi connectivity index (χ4v) is 3.66. The Morgan fingerprint density at radius 3 is 2.88 bits per heavy atom. The van der Waals surface area contributed by atoms with Gasteiger partial charge in [0.05, 0.1) is 12.0 Å². The zero-order valence-corrected chi connectivity index (χ0v) is 10.5. The molecule has 1 aliphatic carbocycles. The van der Waals surface area contributed by atoms with Gasteiger partial charge in [-0.25, -0.2) is 0 Å². The standard InChI is InChI=1S/C14H17NS/c1-11-5-4-7-13(9-11)16-14-8-3-2-6-12(14)10-15/h4-5,7,9,12,14H,2-3,6,8H2,1H3. The van der Waals surface area contributed by atoms with Crippen molar-refractivity contribution in [1.29, 1.82) is 5.26 Å². The third kappa shape index (κ3) is 2.80.